The molecular weight excluding hydrogens is 356 g/mol. The van der Waals surface area contributed by atoms with Crippen molar-refractivity contribution >= 4 is 17.5 Å². The molecule has 3 nitrogen and oxygen atoms in total. The third kappa shape index (κ3) is 4.20. The molecule has 4 heteroatoms. The van der Waals surface area contributed by atoms with Crippen molar-refractivity contribution in [2.24, 2.45) is 5.73 Å². The fourth-order valence-corrected chi connectivity index (χ4v) is 4.85. The van der Waals surface area contributed by atoms with Crippen LogP contribution in [0.15, 0.2) is 48.5 Å². The first-order valence-corrected chi connectivity index (χ1v) is 10.3. The fraction of sp³-hybridized carbons (Fsp3) is 0.435. The van der Waals surface area contributed by atoms with E-state index >= 15 is 0 Å². The first-order chi connectivity index (χ1) is 13.0. The van der Waals surface area contributed by atoms with E-state index in [0.717, 1.165) is 43.7 Å². The second kappa shape index (κ2) is 7.65. The van der Waals surface area contributed by atoms with Crippen LogP contribution in [0.4, 0.5) is 0 Å². The number of fused-ring (bicyclic) bond motifs is 1. The zero-order valence-electron chi connectivity index (χ0n) is 15.7. The number of nitrogens with zero attached hydrogens (tertiary/aromatic N) is 1. The van der Waals surface area contributed by atoms with Gasteiger partial charge >= 0.3 is 0 Å². The Labute approximate surface area is 166 Å². The van der Waals surface area contributed by atoms with Crippen molar-refractivity contribution < 1.29 is 4.79 Å². The number of halogens is 1. The molecule has 1 saturated heterocycles. The van der Waals surface area contributed by atoms with E-state index in [9.17, 15) is 4.79 Å². The lowest BCUT2D eigenvalue weighted by atomic mass is 9.83. The Morgan fingerprint density at radius 3 is 2.78 bits per heavy atom. The number of amides is 1. The maximum absolute atomic E-state index is 13.0. The molecule has 0 bridgehead atoms. The molecule has 4 rings (SSSR count). The minimum absolute atomic E-state index is 0.252. The molecule has 27 heavy (non-hydrogen) atoms. The highest BCUT2D eigenvalue weighted by Crippen LogP contribution is 2.36. The highest BCUT2D eigenvalue weighted by Gasteiger charge is 2.35. The SMILES string of the molecule is N[C@@]1(Cc2ccc(Cl)cc2)CCCN(C(=O)C[C@H]2CCc3ccccc32)C1. The molecule has 0 saturated carbocycles. The Morgan fingerprint density at radius 1 is 1.19 bits per heavy atom. The van der Waals surface area contributed by atoms with Gasteiger partial charge in [0.1, 0.15) is 0 Å². The minimum atomic E-state index is -0.352. The summed E-state index contributed by atoms with van der Waals surface area (Å²) in [6, 6.07) is 16.4. The van der Waals surface area contributed by atoms with E-state index in [4.69, 9.17) is 17.3 Å². The average molecular weight is 383 g/mol. The number of aryl methyl sites for hydroxylation is 1. The summed E-state index contributed by atoms with van der Waals surface area (Å²) in [7, 11) is 0. The van der Waals surface area contributed by atoms with Crippen LogP contribution in [0.5, 0.6) is 0 Å². The number of hydrogen-bond acceptors (Lipinski definition) is 2. The lowest BCUT2D eigenvalue weighted by Gasteiger charge is -2.41. The zero-order valence-corrected chi connectivity index (χ0v) is 16.4. The highest BCUT2D eigenvalue weighted by atomic mass is 35.5. The van der Waals surface area contributed by atoms with Gasteiger partial charge in [-0.2, -0.15) is 0 Å². The van der Waals surface area contributed by atoms with Crippen molar-refractivity contribution in [1.82, 2.24) is 4.90 Å². The van der Waals surface area contributed by atoms with Crippen LogP contribution in [0.25, 0.3) is 0 Å². The molecule has 0 unspecified atom stereocenters. The largest absolute Gasteiger partial charge is 0.341 e. The minimum Gasteiger partial charge on any atom is -0.341 e. The van der Waals surface area contributed by atoms with E-state index in [1.807, 2.05) is 29.2 Å². The first kappa shape index (κ1) is 18.5. The van der Waals surface area contributed by atoms with Crippen LogP contribution in [0, 0.1) is 0 Å². The topological polar surface area (TPSA) is 46.3 Å². The second-order valence-electron chi connectivity index (χ2n) is 8.22. The van der Waals surface area contributed by atoms with Gasteiger partial charge < -0.3 is 10.6 Å². The Morgan fingerprint density at radius 2 is 1.96 bits per heavy atom. The number of nitrogens with two attached hydrogens (primary N) is 1. The third-order valence-electron chi connectivity index (χ3n) is 6.11. The monoisotopic (exact) mass is 382 g/mol. The van der Waals surface area contributed by atoms with E-state index in [0.29, 0.717) is 18.9 Å². The summed E-state index contributed by atoms with van der Waals surface area (Å²) in [5, 5.41) is 0.738. The maximum Gasteiger partial charge on any atom is 0.223 e. The van der Waals surface area contributed by atoms with Crippen LogP contribution < -0.4 is 5.73 Å². The molecule has 2 aliphatic rings. The normalized spacial score (nSPS) is 24.7. The first-order valence-electron chi connectivity index (χ1n) is 9.91. The quantitative estimate of drug-likeness (QED) is 0.855. The van der Waals surface area contributed by atoms with Crippen LogP contribution in [0.3, 0.4) is 0 Å². The zero-order chi connectivity index (χ0) is 18.9. The molecule has 2 aromatic carbocycles. The maximum atomic E-state index is 13.0. The summed E-state index contributed by atoms with van der Waals surface area (Å²) in [5.41, 5.74) is 10.3. The third-order valence-corrected chi connectivity index (χ3v) is 6.36. The van der Waals surface area contributed by atoms with Crippen LogP contribution in [-0.2, 0) is 17.6 Å². The van der Waals surface area contributed by atoms with Gasteiger partial charge in [0.2, 0.25) is 5.91 Å². The molecule has 2 aromatic rings. The molecule has 1 amide bonds. The number of hydrogen-bond donors (Lipinski definition) is 1. The lowest BCUT2D eigenvalue weighted by Crippen LogP contribution is -2.57. The molecule has 1 fully saturated rings. The van der Waals surface area contributed by atoms with Crippen LogP contribution in [0.1, 0.15) is 48.3 Å². The summed E-state index contributed by atoms with van der Waals surface area (Å²) in [4.78, 5) is 15.0. The van der Waals surface area contributed by atoms with E-state index < -0.39 is 0 Å². The summed E-state index contributed by atoms with van der Waals surface area (Å²) in [6.07, 6.45) is 5.47. The van der Waals surface area contributed by atoms with E-state index in [1.54, 1.807) is 0 Å². The van der Waals surface area contributed by atoms with Crippen LogP contribution >= 0.6 is 11.6 Å². The van der Waals surface area contributed by atoms with Gasteiger partial charge in [-0.05, 0) is 66.8 Å². The number of benzene rings is 2. The van der Waals surface area contributed by atoms with Crippen LogP contribution in [-0.4, -0.2) is 29.4 Å². The lowest BCUT2D eigenvalue weighted by molar-refractivity contribution is -0.133. The van der Waals surface area contributed by atoms with Gasteiger partial charge in [0.25, 0.3) is 0 Å². The van der Waals surface area contributed by atoms with Gasteiger partial charge in [-0.3, -0.25) is 4.79 Å². The van der Waals surface area contributed by atoms with Crippen molar-refractivity contribution in [1.29, 1.82) is 0 Å². The molecule has 1 aliphatic carbocycles. The van der Waals surface area contributed by atoms with Crippen molar-refractivity contribution in [3.63, 3.8) is 0 Å². The number of carbonyl (C=O) groups excluding carboxylic acids is 1. The van der Waals surface area contributed by atoms with Gasteiger partial charge in [-0.15, -0.1) is 0 Å². The molecule has 1 heterocycles. The molecule has 0 spiro atoms. The summed E-state index contributed by atoms with van der Waals surface area (Å²) in [5.74, 6) is 0.612. The molecule has 2 atom stereocenters. The van der Waals surface area contributed by atoms with Crippen molar-refractivity contribution in [2.45, 2.75) is 50.0 Å². The number of carbonyl (C=O) groups is 1. The van der Waals surface area contributed by atoms with Crippen molar-refractivity contribution in [3.8, 4) is 0 Å². The number of piperidine rings is 1. The van der Waals surface area contributed by atoms with Crippen LogP contribution in [0.2, 0.25) is 5.02 Å². The molecule has 2 N–H and O–H groups in total. The Balaban J connectivity index is 1.40. The summed E-state index contributed by atoms with van der Waals surface area (Å²) in [6.45, 7) is 1.47. The molecule has 142 valence electrons. The Kier molecular flexibility index (Phi) is 5.25. The second-order valence-corrected chi connectivity index (χ2v) is 8.66. The summed E-state index contributed by atoms with van der Waals surface area (Å²) < 4.78 is 0. The van der Waals surface area contributed by atoms with Crippen molar-refractivity contribution in [2.75, 3.05) is 13.1 Å². The van der Waals surface area contributed by atoms with Gasteiger partial charge in [-0.25, -0.2) is 0 Å². The van der Waals surface area contributed by atoms with Gasteiger partial charge in [0.15, 0.2) is 0 Å². The van der Waals surface area contributed by atoms with Crippen molar-refractivity contribution in [3.05, 3.63) is 70.2 Å². The predicted octanol–water partition coefficient (Wildman–Crippen LogP) is 4.32. The van der Waals surface area contributed by atoms with E-state index in [2.05, 4.69) is 24.3 Å². The van der Waals surface area contributed by atoms with Gasteiger partial charge in [0.05, 0.1) is 0 Å². The van der Waals surface area contributed by atoms with Gasteiger partial charge in [-0.1, -0.05) is 48.0 Å². The predicted molar refractivity (Wildman–Crippen MR) is 110 cm³/mol. The highest BCUT2D eigenvalue weighted by molar-refractivity contribution is 6.30. The average Bonchev–Trinajstić information content (AvgIpc) is 3.06. The number of rotatable bonds is 4. The molecule has 1 aliphatic heterocycles. The molecular formula is C23H27ClN2O. The number of likely N-dealkylation sites (tertiary alicyclic amines) is 1. The van der Waals surface area contributed by atoms with E-state index in [-0.39, 0.29) is 11.4 Å². The smallest absolute Gasteiger partial charge is 0.223 e. The Hall–Kier alpha value is -1.84. The van der Waals surface area contributed by atoms with Gasteiger partial charge in [0, 0.05) is 30.1 Å². The van der Waals surface area contributed by atoms with E-state index in [1.165, 1.54) is 16.7 Å². The molecule has 0 radical (unpaired) electrons. The Bertz CT molecular complexity index is 819. The fourth-order valence-electron chi connectivity index (χ4n) is 4.72. The molecule has 0 aromatic heterocycles. The summed E-state index contributed by atoms with van der Waals surface area (Å²) >= 11 is 5.99. The standard InChI is InChI=1S/C23H27ClN2O/c24-20-10-6-17(7-11-20)15-23(25)12-3-13-26(16-23)22(27)14-19-9-8-18-4-1-2-5-21(18)19/h1-2,4-7,10-11,19H,3,8-9,12-16,25H2/t19-,23-/m1/s1.